The van der Waals surface area contributed by atoms with Crippen LogP contribution in [0.25, 0.3) is 0 Å². The Morgan fingerprint density at radius 3 is 1.35 bits per heavy atom. The molecule has 2 rings (SSSR count). The summed E-state index contributed by atoms with van der Waals surface area (Å²) in [5.41, 5.74) is 2.16. The second-order valence-corrected chi connectivity index (χ2v) is 12.6. The minimum absolute atomic E-state index is 0.0608. The molecule has 280 valence electrons. The maximum absolute atomic E-state index is 13.1. The van der Waals surface area contributed by atoms with Gasteiger partial charge in [-0.2, -0.15) is 0 Å². The van der Waals surface area contributed by atoms with Crippen LogP contribution in [0.2, 0.25) is 0 Å². The second-order valence-electron chi connectivity index (χ2n) is 12.6. The fraction of sp³-hybridized carbons (Fsp3) is 0.650. The quantitative estimate of drug-likeness (QED) is 0.0827. The molecule has 1 N–H and O–H groups in total. The summed E-state index contributed by atoms with van der Waals surface area (Å²) in [5, 5.41) is 9.45. The largest absolute Gasteiger partial charge is 0.396 e. The smallest absolute Gasteiger partial charge is 0.180 e. The third kappa shape index (κ3) is 18.5. The van der Waals surface area contributed by atoms with Gasteiger partial charge in [-0.05, 0) is 106 Å². The lowest BCUT2D eigenvalue weighted by Gasteiger charge is -2.31. The number of halogens is 2. The topological polar surface area (TPSA) is 75.6 Å². The predicted octanol–water partition coefficient (Wildman–Crippen LogP) is 8.42. The monoisotopic (exact) mass is 694 g/mol. The number of rotatable bonds is 25. The summed E-state index contributed by atoms with van der Waals surface area (Å²) in [6, 6.07) is 13.2. The van der Waals surface area contributed by atoms with Crippen LogP contribution in [0.5, 0.6) is 0 Å². The van der Waals surface area contributed by atoms with Gasteiger partial charge in [-0.15, -0.1) is 6.58 Å². The Bertz CT molecular complexity index is 1070. The van der Waals surface area contributed by atoms with Gasteiger partial charge < -0.3 is 33.5 Å². The molecule has 0 amide bonds. The molecular formula is C40H64F2O7. The van der Waals surface area contributed by atoms with Crippen LogP contribution in [0.1, 0.15) is 72.9 Å². The van der Waals surface area contributed by atoms with Crippen LogP contribution in [0, 0.1) is 35.3 Å². The molecule has 2 aromatic rings. The van der Waals surface area contributed by atoms with Crippen molar-refractivity contribution in [2.45, 2.75) is 99.4 Å². The van der Waals surface area contributed by atoms with Crippen LogP contribution in [0.4, 0.5) is 8.78 Å². The molecule has 0 heterocycles. The number of hydrogen-bond donors (Lipinski definition) is 1. The number of ether oxygens (including phenoxy) is 6. The first-order valence-corrected chi connectivity index (χ1v) is 17.9. The van der Waals surface area contributed by atoms with Crippen LogP contribution < -0.4 is 0 Å². The summed E-state index contributed by atoms with van der Waals surface area (Å²) in [6.07, 6.45) is 2.99. The molecule has 2 aromatic carbocycles. The van der Waals surface area contributed by atoms with E-state index in [4.69, 9.17) is 28.4 Å². The fourth-order valence-corrected chi connectivity index (χ4v) is 5.65. The minimum atomic E-state index is -0.394. The molecule has 0 radical (unpaired) electrons. The Hall–Kier alpha value is -2.24. The van der Waals surface area contributed by atoms with Crippen LogP contribution in [-0.4, -0.2) is 76.1 Å². The highest BCUT2D eigenvalue weighted by molar-refractivity contribution is 5.18. The average Bonchev–Trinajstić information content (AvgIpc) is 3.07. The van der Waals surface area contributed by atoms with Gasteiger partial charge in [-0.1, -0.05) is 58.0 Å². The van der Waals surface area contributed by atoms with E-state index in [0.29, 0.717) is 57.9 Å². The predicted molar refractivity (Wildman–Crippen MR) is 192 cm³/mol. The summed E-state index contributed by atoms with van der Waals surface area (Å²) >= 11 is 0. The Kier molecular flexibility index (Phi) is 24.3. The maximum atomic E-state index is 13.1. The first-order chi connectivity index (χ1) is 23.5. The Balaban J connectivity index is 0.000000490. The Labute approximate surface area is 295 Å². The van der Waals surface area contributed by atoms with Crippen molar-refractivity contribution in [1.82, 2.24) is 0 Å². The van der Waals surface area contributed by atoms with Gasteiger partial charge in [0.25, 0.3) is 0 Å². The van der Waals surface area contributed by atoms with Crippen LogP contribution >= 0.6 is 0 Å². The van der Waals surface area contributed by atoms with Gasteiger partial charge in [0.05, 0.1) is 25.4 Å². The maximum Gasteiger partial charge on any atom is 0.180 e. The van der Waals surface area contributed by atoms with Gasteiger partial charge >= 0.3 is 0 Å². The van der Waals surface area contributed by atoms with E-state index in [0.717, 1.165) is 24.0 Å². The molecule has 0 fully saturated rings. The highest BCUT2D eigenvalue weighted by Crippen LogP contribution is 2.27. The van der Waals surface area contributed by atoms with E-state index in [2.05, 4.69) is 34.3 Å². The molecule has 0 saturated carbocycles. The van der Waals surface area contributed by atoms with E-state index in [1.54, 1.807) is 0 Å². The van der Waals surface area contributed by atoms with Crippen LogP contribution in [0.3, 0.4) is 0 Å². The molecule has 0 aliphatic carbocycles. The van der Waals surface area contributed by atoms with Crippen molar-refractivity contribution in [2.75, 3.05) is 46.2 Å². The lowest BCUT2D eigenvalue weighted by molar-refractivity contribution is -0.183. The van der Waals surface area contributed by atoms with Crippen molar-refractivity contribution in [3.8, 4) is 0 Å². The van der Waals surface area contributed by atoms with Gasteiger partial charge in [0.15, 0.2) is 12.6 Å². The molecule has 0 unspecified atom stereocenters. The minimum Gasteiger partial charge on any atom is -0.396 e. The fourth-order valence-electron chi connectivity index (χ4n) is 5.65. The lowest BCUT2D eigenvalue weighted by Crippen LogP contribution is -2.35. The molecule has 7 nitrogen and oxygen atoms in total. The standard InChI is InChI=1S/C20H33FO4.C20H31FO3/c1-5-23-20(24-6-2)14-25-19(11-12-22)18(15(3)4)13-16-7-9-17(21)10-8-16;1-6-19(24-14-20(22-7-2)23-8-3)18(15(4)5)13-16-9-11-17(21)12-10-16/h7-10,15,18-20,22H,5-6,11-14H2,1-4H3;6,9-12,15,18-20H,1,7-8,13-14H2,2-5H3/t2*18-,19+/m00/s1. The summed E-state index contributed by atoms with van der Waals surface area (Å²) in [4.78, 5) is 0. The van der Waals surface area contributed by atoms with E-state index in [1.165, 1.54) is 24.3 Å². The first-order valence-electron chi connectivity index (χ1n) is 17.9. The van der Waals surface area contributed by atoms with Crippen molar-refractivity contribution in [2.24, 2.45) is 23.7 Å². The molecule has 9 heteroatoms. The molecule has 4 atom stereocenters. The van der Waals surface area contributed by atoms with E-state index in [-0.39, 0.29) is 48.6 Å². The summed E-state index contributed by atoms with van der Waals surface area (Å²) < 4.78 is 60.5. The molecule has 0 bridgehead atoms. The third-order valence-corrected chi connectivity index (χ3v) is 8.31. The van der Waals surface area contributed by atoms with Crippen molar-refractivity contribution in [3.63, 3.8) is 0 Å². The molecule has 49 heavy (non-hydrogen) atoms. The molecule has 0 aliphatic rings. The van der Waals surface area contributed by atoms with Gasteiger partial charge in [-0.3, -0.25) is 0 Å². The van der Waals surface area contributed by atoms with Crippen molar-refractivity contribution >= 4 is 0 Å². The summed E-state index contributed by atoms with van der Waals surface area (Å²) in [5.74, 6) is 0.769. The van der Waals surface area contributed by atoms with Gasteiger partial charge in [0.1, 0.15) is 11.6 Å². The normalized spacial score (nSPS) is 14.2. The zero-order valence-electron chi connectivity index (χ0n) is 31.2. The van der Waals surface area contributed by atoms with Crippen LogP contribution in [0.15, 0.2) is 61.2 Å². The van der Waals surface area contributed by atoms with Crippen LogP contribution in [-0.2, 0) is 41.3 Å². The molecular weight excluding hydrogens is 630 g/mol. The number of aliphatic hydroxyl groups excluding tert-OH is 1. The highest BCUT2D eigenvalue weighted by atomic mass is 19.1. The van der Waals surface area contributed by atoms with Gasteiger partial charge in [0.2, 0.25) is 0 Å². The molecule has 0 aromatic heterocycles. The number of hydrogen-bond acceptors (Lipinski definition) is 7. The van der Waals surface area contributed by atoms with Crippen molar-refractivity contribution in [1.29, 1.82) is 0 Å². The molecule has 0 aliphatic heterocycles. The lowest BCUT2D eigenvalue weighted by atomic mass is 9.83. The van der Waals surface area contributed by atoms with E-state index in [1.807, 2.05) is 58.0 Å². The zero-order valence-corrected chi connectivity index (χ0v) is 31.2. The van der Waals surface area contributed by atoms with Crippen molar-refractivity contribution < 1.29 is 42.3 Å². The third-order valence-electron chi connectivity index (χ3n) is 8.31. The number of benzene rings is 2. The number of aliphatic hydroxyl groups is 1. The SMILES string of the molecule is C=C[C@@H](OCC(OCC)OCC)[C@@H](Cc1ccc(F)cc1)C(C)C.CCOC(CO[C@H](CCO)[C@@H](Cc1ccc(F)cc1)C(C)C)OCC. The Morgan fingerprint density at radius 2 is 1.00 bits per heavy atom. The highest BCUT2D eigenvalue weighted by Gasteiger charge is 2.27. The average molecular weight is 695 g/mol. The summed E-state index contributed by atoms with van der Waals surface area (Å²) in [6.45, 7) is 23.3. The first kappa shape index (κ1) is 44.8. The van der Waals surface area contributed by atoms with E-state index < -0.39 is 6.29 Å². The summed E-state index contributed by atoms with van der Waals surface area (Å²) in [7, 11) is 0. The van der Waals surface area contributed by atoms with E-state index in [9.17, 15) is 13.9 Å². The Morgan fingerprint density at radius 1 is 0.612 bits per heavy atom. The van der Waals surface area contributed by atoms with Crippen molar-refractivity contribution in [3.05, 3.63) is 83.9 Å². The second kappa shape index (κ2) is 26.6. The molecule has 0 saturated heterocycles. The van der Waals surface area contributed by atoms with Gasteiger partial charge in [-0.25, -0.2) is 8.78 Å². The van der Waals surface area contributed by atoms with Gasteiger partial charge in [0, 0.05) is 33.0 Å². The van der Waals surface area contributed by atoms with E-state index >= 15 is 0 Å². The zero-order chi connectivity index (χ0) is 36.6. The molecule has 0 spiro atoms.